The highest BCUT2D eigenvalue weighted by atomic mass is 19.1. The van der Waals surface area contributed by atoms with Gasteiger partial charge in [0.1, 0.15) is 5.82 Å². The lowest BCUT2D eigenvalue weighted by Gasteiger charge is -2.11. The fraction of sp³-hybridized carbons (Fsp3) is 0.600. The Hall–Kier alpha value is -1.23. The van der Waals surface area contributed by atoms with Crippen molar-refractivity contribution in [3.05, 3.63) is 17.3 Å². The minimum Gasteiger partial charge on any atom is -0.368 e. The van der Waals surface area contributed by atoms with Crippen LogP contribution >= 0.6 is 0 Å². The third kappa shape index (κ3) is 3.13. The molecule has 0 saturated heterocycles. The van der Waals surface area contributed by atoms with Crippen LogP contribution in [0.15, 0.2) is 0 Å². The van der Waals surface area contributed by atoms with E-state index in [0.29, 0.717) is 30.4 Å². The maximum atomic E-state index is 13.5. The first-order valence-corrected chi connectivity index (χ1v) is 4.96. The highest BCUT2D eigenvalue weighted by Gasteiger charge is 2.10. The lowest BCUT2D eigenvalue weighted by Crippen LogP contribution is -2.16. The molecule has 0 unspecified atom stereocenters. The third-order valence-corrected chi connectivity index (χ3v) is 1.87. The van der Waals surface area contributed by atoms with E-state index in [-0.39, 0.29) is 5.82 Å². The summed E-state index contributed by atoms with van der Waals surface area (Å²) in [5, 5.41) is 2.89. The Labute approximate surface area is 89.5 Å². The quantitative estimate of drug-likeness (QED) is 0.819. The minimum absolute atomic E-state index is 0.293. The molecule has 0 radical (unpaired) electrons. The van der Waals surface area contributed by atoms with Crippen molar-refractivity contribution >= 4 is 5.82 Å². The molecular weight excluding hydrogens is 195 g/mol. The maximum absolute atomic E-state index is 13.5. The molecule has 1 aromatic rings. The zero-order valence-corrected chi connectivity index (χ0v) is 9.63. The van der Waals surface area contributed by atoms with E-state index in [1.54, 1.807) is 6.92 Å². The fourth-order valence-corrected chi connectivity index (χ4v) is 1.26. The zero-order chi connectivity index (χ0) is 11.4. The Balaban J connectivity index is 3.00. The number of nitrogens with zero attached hydrogens (tertiary/aromatic N) is 3. The number of hydrogen-bond donors (Lipinski definition) is 1. The van der Waals surface area contributed by atoms with E-state index in [1.165, 1.54) is 0 Å². The molecular formula is C10H17FN4. The van der Waals surface area contributed by atoms with Gasteiger partial charge in [0, 0.05) is 6.54 Å². The van der Waals surface area contributed by atoms with Gasteiger partial charge < -0.3 is 10.2 Å². The van der Waals surface area contributed by atoms with Crippen molar-refractivity contribution in [2.75, 3.05) is 26.0 Å². The van der Waals surface area contributed by atoms with Crippen molar-refractivity contribution in [1.29, 1.82) is 0 Å². The average molecular weight is 212 g/mol. The number of nitrogens with one attached hydrogen (secondary N) is 1. The van der Waals surface area contributed by atoms with Gasteiger partial charge in [0.2, 0.25) is 0 Å². The van der Waals surface area contributed by atoms with Crippen molar-refractivity contribution in [1.82, 2.24) is 14.9 Å². The summed E-state index contributed by atoms with van der Waals surface area (Å²) in [5.74, 6) is 0.566. The Bertz CT molecular complexity index is 338. The molecule has 0 saturated carbocycles. The van der Waals surface area contributed by atoms with Crippen LogP contribution in [0.25, 0.3) is 0 Å². The van der Waals surface area contributed by atoms with Crippen LogP contribution in [0, 0.1) is 12.7 Å². The highest BCUT2D eigenvalue weighted by molar-refractivity contribution is 5.37. The summed E-state index contributed by atoms with van der Waals surface area (Å²) in [7, 11) is 3.85. The van der Waals surface area contributed by atoms with Gasteiger partial charge in [0.05, 0.1) is 12.2 Å². The van der Waals surface area contributed by atoms with Crippen molar-refractivity contribution in [3.63, 3.8) is 0 Å². The molecule has 0 atom stereocenters. The summed E-state index contributed by atoms with van der Waals surface area (Å²) in [5.41, 5.74) is 0.387. The summed E-state index contributed by atoms with van der Waals surface area (Å²) in [6.07, 6.45) is 0. The molecule has 0 bridgehead atoms. The van der Waals surface area contributed by atoms with E-state index in [4.69, 9.17) is 0 Å². The molecule has 0 spiro atoms. The molecule has 1 rings (SSSR count). The molecule has 0 aromatic carbocycles. The molecule has 0 fully saturated rings. The highest BCUT2D eigenvalue weighted by Crippen LogP contribution is 2.13. The van der Waals surface area contributed by atoms with Gasteiger partial charge in [-0.1, -0.05) is 0 Å². The van der Waals surface area contributed by atoms with Gasteiger partial charge in [-0.2, -0.15) is 0 Å². The lowest BCUT2D eigenvalue weighted by molar-refractivity contribution is 0.388. The number of rotatable bonds is 4. The first-order valence-electron chi connectivity index (χ1n) is 4.96. The number of hydrogen-bond acceptors (Lipinski definition) is 4. The lowest BCUT2D eigenvalue weighted by atomic mass is 10.3. The average Bonchev–Trinajstić information content (AvgIpc) is 2.12. The van der Waals surface area contributed by atoms with Crippen LogP contribution < -0.4 is 5.32 Å². The molecule has 0 aliphatic carbocycles. The van der Waals surface area contributed by atoms with Crippen LogP contribution in [0.5, 0.6) is 0 Å². The number of aryl methyl sites for hydroxylation is 1. The van der Waals surface area contributed by atoms with Crippen LogP contribution in [0.2, 0.25) is 0 Å². The van der Waals surface area contributed by atoms with Gasteiger partial charge in [-0.25, -0.2) is 14.4 Å². The van der Waals surface area contributed by atoms with E-state index in [0.717, 1.165) is 0 Å². The molecule has 0 aliphatic heterocycles. The predicted octanol–water partition coefficient (Wildman–Crippen LogP) is 1.42. The van der Waals surface area contributed by atoms with Crippen LogP contribution in [0.1, 0.15) is 18.4 Å². The summed E-state index contributed by atoms with van der Waals surface area (Å²) >= 11 is 0. The summed E-state index contributed by atoms with van der Waals surface area (Å²) in [4.78, 5) is 10.2. The van der Waals surface area contributed by atoms with Crippen molar-refractivity contribution in [2.24, 2.45) is 0 Å². The summed E-state index contributed by atoms with van der Waals surface area (Å²) < 4.78 is 13.5. The number of aromatic nitrogens is 2. The minimum atomic E-state index is -0.362. The van der Waals surface area contributed by atoms with Gasteiger partial charge in [-0.15, -0.1) is 0 Å². The molecule has 0 amide bonds. The second-order valence-electron chi connectivity index (χ2n) is 3.66. The van der Waals surface area contributed by atoms with Crippen LogP contribution in [-0.4, -0.2) is 35.5 Å². The van der Waals surface area contributed by atoms with Gasteiger partial charge in [0.25, 0.3) is 0 Å². The van der Waals surface area contributed by atoms with Crippen molar-refractivity contribution in [3.8, 4) is 0 Å². The van der Waals surface area contributed by atoms with Gasteiger partial charge >= 0.3 is 0 Å². The summed E-state index contributed by atoms with van der Waals surface area (Å²) in [6.45, 7) is 4.81. The molecule has 1 aromatic heterocycles. The molecule has 4 nitrogen and oxygen atoms in total. The molecule has 0 aliphatic rings. The molecule has 1 heterocycles. The normalized spacial score (nSPS) is 10.8. The van der Waals surface area contributed by atoms with Crippen molar-refractivity contribution < 1.29 is 4.39 Å². The topological polar surface area (TPSA) is 41.1 Å². The zero-order valence-electron chi connectivity index (χ0n) is 9.63. The standard InChI is InChI=1S/C10H17FN4/c1-5-12-10-9(11)7(2)13-8(14-10)6-15(3)4/h5-6H2,1-4H3,(H,12,13,14). The van der Waals surface area contributed by atoms with Gasteiger partial charge in [0.15, 0.2) is 11.6 Å². The van der Waals surface area contributed by atoms with E-state index in [2.05, 4.69) is 15.3 Å². The molecule has 5 heteroatoms. The monoisotopic (exact) mass is 212 g/mol. The fourth-order valence-electron chi connectivity index (χ4n) is 1.26. The summed E-state index contributed by atoms with van der Waals surface area (Å²) in [6, 6.07) is 0. The second kappa shape index (κ2) is 5.02. The smallest absolute Gasteiger partial charge is 0.186 e. The number of anilines is 1. The number of halogens is 1. The van der Waals surface area contributed by atoms with Crippen molar-refractivity contribution in [2.45, 2.75) is 20.4 Å². The Morgan fingerprint density at radius 1 is 1.33 bits per heavy atom. The molecule has 1 N–H and O–H groups in total. The van der Waals surface area contributed by atoms with E-state index >= 15 is 0 Å². The second-order valence-corrected chi connectivity index (χ2v) is 3.66. The molecule has 15 heavy (non-hydrogen) atoms. The van der Waals surface area contributed by atoms with Crippen LogP contribution in [0.4, 0.5) is 10.2 Å². The van der Waals surface area contributed by atoms with E-state index < -0.39 is 0 Å². The van der Waals surface area contributed by atoms with Crippen LogP contribution in [0.3, 0.4) is 0 Å². The van der Waals surface area contributed by atoms with Gasteiger partial charge in [-0.3, -0.25) is 0 Å². The van der Waals surface area contributed by atoms with Gasteiger partial charge in [-0.05, 0) is 27.9 Å². The first-order chi connectivity index (χ1) is 7.04. The Morgan fingerprint density at radius 3 is 2.53 bits per heavy atom. The van der Waals surface area contributed by atoms with E-state index in [1.807, 2.05) is 25.9 Å². The Kier molecular flexibility index (Phi) is 3.96. The SMILES string of the molecule is CCNc1nc(CN(C)C)nc(C)c1F. The van der Waals surface area contributed by atoms with E-state index in [9.17, 15) is 4.39 Å². The molecule has 84 valence electrons. The third-order valence-electron chi connectivity index (χ3n) is 1.87. The maximum Gasteiger partial charge on any atom is 0.186 e. The largest absolute Gasteiger partial charge is 0.368 e. The predicted molar refractivity (Wildman–Crippen MR) is 58.3 cm³/mol. The van der Waals surface area contributed by atoms with Crippen LogP contribution in [-0.2, 0) is 6.54 Å². The first kappa shape index (κ1) is 11.8. The Morgan fingerprint density at radius 2 is 2.00 bits per heavy atom.